The van der Waals surface area contributed by atoms with E-state index in [1.54, 1.807) is 0 Å². The average Bonchev–Trinajstić information content (AvgIpc) is 2.26. The second kappa shape index (κ2) is 5.31. The highest BCUT2D eigenvalue weighted by Crippen LogP contribution is 2.10. The third-order valence-corrected chi connectivity index (χ3v) is 3.07. The molecule has 2 rings (SSSR count). The second-order valence-electron chi connectivity index (χ2n) is 4.88. The highest BCUT2D eigenvalue weighted by Gasteiger charge is 2.25. The first-order chi connectivity index (χ1) is 8.54. The van der Waals surface area contributed by atoms with Crippen molar-refractivity contribution in [2.24, 2.45) is 0 Å². The average molecular weight is 246 g/mol. The number of hydrogen-bond acceptors (Lipinski definition) is 3. The first-order valence-corrected chi connectivity index (χ1v) is 6.19. The second-order valence-corrected chi connectivity index (χ2v) is 4.88. The van der Waals surface area contributed by atoms with E-state index in [2.05, 4.69) is 42.7 Å². The van der Waals surface area contributed by atoms with Crippen LogP contribution in [0.15, 0.2) is 18.2 Å². The van der Waals surface area contributed by atoms with Crippen molar-refractivity contribution in [2.75, 3.05) is 0 Å². The molecule has 0 bridgehead atoms. The van der Waals surface area contributed by atoms with Crippen LogP contribution >= 0.6 is 0 Å². The van der Waals surface area contributed by atoms with E-state index >= 15 is 0 Å². The van der Waals surface area contributed by atoms with Crippen LogP contribution in [0.2, 0.25) is 0 Å². The Morgan fingerprint density at radius 1 is 1.22 bits per heavy atom. The maximum atomic E-state index is 11.6. The van der Waals surface area contributed by atoms with E-state index in [4.69, 9.17) is 0 Å². The Morgan fingerprint density at radius 3 is 2.50 bits per heavy atom. The molecule has 1 fully saturated rings. The first kappa shape index (κ1) is 12.8. The highest BCUT2D eigenvalue weighted by atomic mass is 16.2. The number of hydrogen-bond donors (Lipinski definition) is 2. The summed E-state index contributed by atoms with van der Waals surface area (Å²) in [6.45, 7) is 4.76. The van der Waals surface area contributed by atoms with E-state index in [1.165, 1.54) is 11.1 Å². The number of carbonyl (C=O) groups is 2. The molecule has 1 saturated heterocycles. The summed E-state index contributed by atoms with van der Waals surface area (Å²) >= 11 is 0. The number of amides is 2. The molecule has 1 heterocycles. The summed E-state index contributed by atoms with van der Waals surface area (Å²) in [7, 11) is 0. The molecule has 2 N–H and O–H groups in total. The van der Waals surface area contributed by atoms with Gasteiger partial charge >= 0.3 is 0 Å². The van der Waals surface area contributed by atoms with Crippen LogP contribution in [0, 0.1) is 13.8 Å². The minimum Gasteiger partial charge on any atom is -0.302 e. The quantitative estimate of drug-likeness (QED) is 0.788. The van der Waals surface area contributed by atoms with Gasteiger partial charge in [0.15, 0.2) is 0 Å². The molecule has 1 aromatic carbocycles. The van der Waals surface area contributed by atoms with Gasteiger partial charge in [-0.3, -0.25) is 14.9 Å². The van der Waals surface area contributed by atoms with Crippen molar-refractivity contribution >= 4 is 11.8 Å². The predicted molar refractivity (Wildman–Crippen MR) is 68.9 cm³/mol. The Bertz CT molecular complexity index is 462. The van der Waals surface area contributed by atoms with E-state index in [1.807, 2.05) is 0 Å². The zero-order valence-corrected chi connectivity index (χ0v) is 10.7. The molecule has 0 radical (unpaired) electrons. The van der Waals surface area contributed by atoms with Crippen molar-refractivity contribution < 1.29 is 9.59 Å². The lowest BCUT2D eigenvalue weighted by Crippen LogP contribution is -2.50. The fraction of sp³-hybridized carbons (Fsp3) is 0.429. The molecule has 96 valence electrons. The predicted octanol–water partition coefficient (Wildman–Crippen LogP) is 1.20. The third-order valence-electron chi connectivity index (χ3n) is 3.07. The van der Waals surface area contributed by atoms with Crippen molar-refractivity contribution in [1.29, 1.82) is 0 Å². The van der Waals surface area contributed by atoms with Gasteiger partial charge in [-0.05, 0) is 25.8 Å². The maximum Gasteiger partial charge on any atom is 0.243 e. The monoisotopic (exact) mass is 246 g/mol. The summed E-state index contributed by atoms with van der Waals surface area (Å²) in [4.78, 5) is 22.6. The Labute approximate surface area is 107 Å². The Hall–Kier alpha value is -1.68. The third kappa shape index (κ3) is 3.17. The van der Waals surface area contributed by atoms with Crippen LogP contribution in [0.25, 0.3) is 0 Å². The van der Waals surface area contributed by atoms with Gasteiger partial charge < -0.3 is 5.32 Å². The molecule has 0 saturated carbocycles. The maximum absolute atomic E-state index is 11.6. The fourth-order valence-electron chi connectivity index (χ4n) is 2.30. The summed E-state index contributed by atoms with van der Waals surface area (Å²) in [5.74, 6) is -0.389. The van der Waals surface area contributed by atoms with Gasteiger partial charge in [0, 0.05) is 13.0 Å². The number of rotatable bonds is 3. The highest BCUT2D eigenvalue weighted by molar-refractivity contribution is 6.00. The zero-order chi connectivity index (χ0) is 13.1. The molecule has 1 unspecified atom stereocenters. The van der Waals surface area contributed by atoms with Crippen LogP contribution in [0.5, 0.6) is 0 Å². The Kier molecular flexibility index (Phi) is 3.77. The summed E-state index contributed by atoms with van der Waals surface area (Å²) in [5, 5.41) is 5.55. The van der Waals surface area contributed by atoms with E-state index in [0.29, 0.717) is 19.4 Å². The summed E-state index contributed by atoms with van der Waals surface area (Å²) in [6.07, 6.45) is 0.992. The van der Waals surface area contributed by atoms with E-state index in [0.717, 1.165) is 5.56 Å². The smallest absolute Gasteiger partial charge is 0.243 e. The fourth-order valence-corrected chi connectivity index (χ4v) is 2.30. The number of imide groups is 1. The molecule has 0 spiro atoms. The summed E-state index contributed by atoms with van der Waals surface area (Å²) in [6, 6.07) is 6.07. The molecule has 2 amide bonds. The van der Waals surface area contributed by atoms with Gasteiger partial charge in [-0.1, -0.05) is 29.3 Å². The molecule has 4 heteroatoms. The topological polar surface area (TPSA) is 58.2 Å². The van der Waals surface area contributed by atoms with Gasteiger partial charge in [0.2, 0.25) is 11.8 Å². The van der Waals surface area contributed by atoms with Crippen LogP contribution < -0.4 is 10.6 Å². The number of nitrogens with one attached hydrogen (secondary N) is 2. The van der Waals surface area contributed by atoms with Gasteiger partial charge in [-0.15, -0.1) is 0 Å². The van der Waals surface area contributed by atoms with Crippen molar-refractivity contribution in [1.82, 2.24) is 10.6 Å². The zero-order valence-electron chi connectivity index (χ0n) is 10.7. The molecular weight excluding hydrogens is 228 g/mol. The summed E-state index contributed by atoms with van der Waals surface area (Å²) in [5.41, 5.74) is 3.60. The first-order valence-electron chi connectivity index (χ1n) is 6.19. The van der Waals surface area contributed by atoms with Gasteiger partial charge in [0.25, 0.3) is 0 Å². The van der Waals surface area contributed by atoms with Crippen molar-refractivity contribution in [3.8, 4) is 0 Å². The van der Waals surface area contributed by atoms with Gasteiger partial charge in [0.1, 0.15) is 0 Å². The minimum absolute atomic E-state index is 0.176. The van der Waals surface area contributed by atoms with Crippen LogP contribution in [-0.4, -0.2) is 17.9 Å². The number of aryl methyl sites for hydroxylation is 2. The lowest BCUT2D eigenvalue weighted by molar-refractivity contribution is -0.134. The number of benzene rings is 1. The molecule has 18 heavy (non-hydrogen) atoms. The Morgan fingerprint density at radius 2 is 1.89 bits per heavy atom. The molecule has 0 aromatic heterocycles. The molecule has 4 nitrogen and oxygen atoms in total. The molecule has 1 atom stereocenters. The standard InChI is InChI=1S/C14H18N2O2/c1-9-5-10(2)7-11(6-9)8-15-12-3-4-13(17)16-14(12)18/h5-7,12,15H,3-4,8H2,1-2H3,(H,16,17,18). The van der Waals surface area contributed by atoms with Crippen LogP contribution in [0.3, 0.4) is 0 Å². The molecule has 1 aliphatic rings. The molecular formula is C14H18N2O2. The van der Waals surface area contributed by atoms with Crippen LogP contribution in [0.4, 0.5) is 0 Å². The molecule has 1 aromatic rings. The van der Waals surface area contributed by atoms with E-state index in [9.17, 15) is 9.59 Å². The van der Waals surface area contributed by atoms with Crippen molar-refractivity contribution in [3.05, 3.63) is 34.9 Å². The molecule has 1 aliphatic heterocycles. The van der Waals surface area contributed by atoms with Gasteiger partial charge in [-0.25, -0.2) is 0 Å². The molecule has 0 aliphatic carbocycles. The van der Waals surface area contributed by atoms with Crippen molar-refractivity contribution in [2.45, 2.75) is 39.3 Å². The largest absolute Gasteiger partial charge is 0.302 e. The van der Waals surface area contributed by atoms with E-state index < -0.39 is 0 Å². The van der Waals surface area contributed by atoms with Crippen LogP contribution in [-0.2, 0) is 16.1 Å². The van der Waals surface area contributed by atoms with Crippen LogP contribution in [0.1, 0.15) is 29.5 Å². The Balaban J connectivity index is 1.95. The lowest BCUT2D eigenvalue weighted by Gasteiger charge is -2.22. The SMILES string of the molecule is Cc1cc(C)cc(CNC2CCC(=O)NC2=O)c1. The minimum atomic E-state index is -0.261. The number of carbonyl (C=O) groups excluding carboxylic acids is 2. The van der Waals surface area contributed by atoms with Crippen molar-refractivity contribution in [3.63, 3.8) is 0 Å². The lowest BCUT2D eigenvalue weighted by atomic mass is 10.0. The van der Waals surface area contributed by atoms with Gasteiger partial charge in [0.05, 0.1) is 6.04 Å². The van der Waals surface area contributed by atoms with E-state index in [-0.39, 0.29) is 17.9 Å². The van der Waals surface area contributed by atoms with Gasteiger partial charge in [-0.2, -0.15) is 0 Å². The number of piperidine rings is 1. The summed E-state index contributed by atoms with van der Waals surface area (Å²) < 4.78 is 0. The normalized spacial score (nSPS) is 19.8.